The zero-order chi connectivity index (χ0) is 26.8. The molecule has 0 unspecified atom stereocenters. The van der Waals surface area contributed by atoms with E-state index in [1.165, 1.54) is 0 Å². The van der Waals surface area contributed by atoms with Crippen molar-refractivity contribution in [2.75, 3.05) is 30.9 Å². The molecule has 2 aromatic heterocycles. The van der Waals surface area contributed by atoms with E-state index in [9.17, 15) is 4.79 Å². The van der Waals surface area contributed by atoms with Gasteiger partial charge < -0.3 is 25.3 Å². The van der Waals surface area contributed by atoms with E-state index >= 15 is 0 Å². The molecule has 1 aliphatic rings. The number of carbonyl (C=O) groups excluding carboxylic acids is 1. The second-order valence-electron chi connectivity index (χ2n) is 10.0. The number of carbonyl (C=O) groups is 1. The number of aromatic nitrogens is 2. The Kier molecular flexibility index (Phi) is 7.98. The van der Waals surface area contributed by atoms with Gasteiger partial charge in [0, 0.05) is 71.4 Å². The van der Waals surface area contributed by atoms with Crippen molar-refractivity contribution in [2.24, 2.45) is 0 Å². The number of nitrogens with zero attached hydrogens (tertiary/aromatic N) is 2. The number of hydrogen-bond acceptors (Lipinski definition) is 6. The second kappa shape index (κ2) is 11.4. The number of ether oxygens (including phenoxy) is 1. The van der Waals surface area contributed by atoms with E-state index in [2.05, 4.69) is 52.8 Å². The topological polar surface area (TPSA) is 82.3 Å². The Morgan fingerprint density at radius 2 is 1.84 bits per heavy atom. The number of esters is 1. The van der Waals surface area contributed by atoms with Crippen molar-refractivity contribution < 1.29 is 9.53 Å². The van der Waals surface area contributed by atoms with E-state index in [0.29, 0.717) is 41.0 Å². The van der Waals surface area contributed by atoms with Crippen LogP contribution in [0.5, 0.6) is 0 Å². The molecular formula is C29H33Cl2N5O2. The fraction of sp³-hybridized carbons (Fsp3) is 0.379. The summed E-state index contributed by atoms with van der Waals surface area (Å²) < 4.78 is 5.29. The van der Waals surface area contributed by atoms with Crippen LogP contribution in [-0.2, 0) is 11.3 Å². The summed E-state index contributed by atoms with van der Waals surface area (Å²) in [4.78, 5) is 22.8. The van der Waals surface area contributed by atoms with Crippen LogP contribution in [0.2, 0.25) is 10.0 Å². The van der Waals surface area contributed by atoms with E-state index in [1.807, 2.05) is 12.1 Å². The minimum Gasteiger partial charge on any atom is -0.461 e. The number of rotatable bonds is 8. The second-order valence-corrected chi connectivity index (χ2v) is 10.9. The molecule has 0 saturated heterocycles. The number of para-hydroxylation sites is 1. The van der Waals surface area contributed by atoms with Crippen LogP contribution in [0.15, 0.2) is 42.5 Å². The van der Waals surface area contributed by atoms with Crippen molar-refractivity contribution in [1.29, 1.82) is 0 Å². The summed E-state index contributed by atoms with van der Waals surface area (Å²) >= 11 is 12.7. The Morgan fingerprint density at radius 1 is 1.11 bits per heavy atom. The Bertz CT molecular complexity index is 1460. The van der Waals surface area contributed by atoms with Crippen molar-refractivity contribution in [3.8, 4) is 0 Å². The Balaban J connectivity index is 1.26. The largest absolute Gasteiger partial charge is 0.461 e. The highest BCUT2D eigenvalue weighted by molar-refractivity contribution is 6.39. The van der Waals surface area contributed by atoms with Crippen molar-refractivity contribution in [3.05, 3.63) is 63.8 Å². The van der Waals surface area contributed by atoms with Crippen LogP contribution in [0.25, 0.3) is 21.8 Å². The molecule has 0 aliphatic heterocycles. The lowest BCUT2D eigenvalue weighted by Crippen LogP contribution is -2.37. The molecule has 2 heterocycles. The molecule has 0 atom stereocenters. The smallest absolute Gasteiger partial charge is 0.355 e. The standard InChI is InChI=1S/C29H33Cl2N5O2/c1-4-38-29(37)28-21(27-22(31)13-17(30)14-24(27)35-28)16-32-18-9-11-19(12-10-18)33-26-15-25(36(2)3)20-7-5-6-8-23(20)34-26/h5-8,13-15,18-19,32,35H,4,9-12,16H2,1-3H3,(H,33,34)/t18-,19+. The molecule has 4 aromatic rings. The molecule has 9 heteroatoms. The van der Waals surface area contributed by atoms with Crippen molar-refractivity contribution in [3.63, 3.8) is 0 Å². The van der Waals surface area contributed by atoms with Gasteiger partial charge in [-0.15, -0.1) is 0 Å². The summed E-state index contributed by atoms with van der Waals surface area (Å²) in [5, 5.41) is 10.3. The summed E-state index contributed by atoms with van der Waals surface area (Å²) in [6, 6.07) is 14.6. The van der Waals surface area contributed by atoms with Gasteiger partial charge in [-0.1, -0.05) is 41.4 Å². The number of pyridine rings is 1. The van der Waals surface area contributed by atoms with Gasteiger partial charge in [-0.25, -0.2) is 9.78 Å². The summed E-state index contributed by atoms with van der Waals surface area (Å²) in [6.45, 7) is 2.61. The lowest BCUT2D eigenvalue weighted by molar-refractivity contribution is 0.0519. The molecule has 200 valence electrons. The van der Waals surface area contributed by atoms with Crippen LogP contribution in [0, 0.1) is 0 Å². The number of nitrogens with one attached hydrogen (secondary N) is 3. The molecule has 38 heavy (non-hydrogen) atoms. The molecule has 1 saturated carbocycles. The number of halogens is 2. The first-order valence-electron chi connectivity index (χ1n) is 13.1. The molecule has 0 spiro atoms. The number of benzene rings is 2. The third kappa shape index (κ3) is 5.55. The Morgan fingerprint density at radius 3 is 2.58 bits per heavy atom. The molecular weight excluding hydrogens is 521 g/mol. The van der Waals surface area contributed by atoms with Crippen molar-refractivity contribution in [1.82, 2.24) is 15.3 Å². The van der Waals surface area contributed by atoms with Gasteiger partial charge >= 0.3 is 5.97 Å². The zero-order valence-corrected chi connectivity index (χ0v) is 23.4. The predicted octanol–water partition coefficient (Wildman–Crippen LogP) is 6.78. The van der Waals surface area contributed by atoms with Gasteiger partial charge in [-0.2, -0.15) is 0 Å². The van der Waals surface area contributed by atoms with Gasteiger partial charge in [0.2, 0.25) is 0 Å². The number of H-pyrrole nitrogens is 1. The van der Waals surface area contributed by atoms with E-state index in [0.717, 1.165) is 64.6 Å². The number of anilines is 2. The summed E-state index contributed by atoms with van der Waals surface area (Å²) in [7, 11) is 4.12. The highest BCUT2D eigenvalue weighted by Crippen LogP contribution is 2.34. The van der Waals surface area contributed by atoms with E-state index in [1.54, 1.807) is 19.1 Å². The lowest BCUT2D eigenvalue weighted by Gasteiger charge is -2.30. The zero-order valence-electron chi connectivity index (χ0n) is 21.9. The van der Waals surface area contributed by atoms with Crippen LogP contribution in [0.1, 0.15) is 48.7 Å². The van der Waals surface area contributed by atoms with Gasteiger partial charge in [-0.05, 0) is 50.8 Å². The predicted molar refractivity (Wildman–Crippen MR) is 157 cm³/mol. The highest BCUT2D eigenvalue weighted by Gasteiger charge is 2.25. The van der Waals surface area contributed by atoms with E-state index in [4.69, 9.17) is 32.9 Å². The minimum atomic E-state index is -0.388. The maximum atomic E-state index is 12.7. The van der Waals surface area contributed by atoms with Gasteiger partial charge in [0.25, 0.3) is 0 Å². The molecule has 1 fully saturated rings. The van der Waals surface area contributed by atoms with Crippen LogP contribution in [0.4, 0.5) is 11.5 Å². The first-order valence-corrected chi connectivity index (χ1v) is 13.8. The van der Waals surface area contributed by atoms with Crippen LogP contribution in [-0.4, -0.2) is 48.7 Å². The normalized spacial score (nSPS) is 17.6. The fourth-order valence-corrected chi connectivity index (χ4v) is 5.97. The fourth-order valence-electron chi connectivity index (χ4n) is 5.37. The maximum absolute atomic E-state index is 12.7. The number of fused-ring (bicyclic) bond motifs is 2. The van der Waals surface area contributed by atoms with Gasteiger partial charge in [0.1, 0.15) is 11.5 Å². The summed E-state index contributed by atoms with van der Waals surface area (Å²) in [5.41, 5.74) is 4.12. The Labute approximate surface area is 232 Å². The van der Waals surface area contributed by atoms with E-state index in [-0.39, 0.29) is 5.97 Å². The average Bonchev–Trinajstić information content (AvgIpc) is 3.26. The van der Waals surface area contributed by atoms with Crippen molar-refractivity contribution in [2.45, 2.75) is 51.2 Å². The molecule has 1 aliphatic carbocycles. The molecule has 0 radical (unpaired) electrons. The maximum Gasteiger partial charge on any atom is 0.355 e. The lowest BCUT2D eigenvalue weighted by atomic mass is 9.91. The quantitative estimate of drug-likeness (QED) is 0.208. The number of hydrogen-bond donors (Lipinski definition) is 3. The molecule has 3 N–H and O–H groups in total. The third-order valence-corrected chi connectivity index (χ3v) is 7.74. The van der Waals surface area contributed by atoms with Crippen LogP contribution >= 0.6 is 23.2 Å². The van der Waals surface area contributed by atoms with Crippen LogP contribution in [0.3, 0.4) is 0 Å². The van der Waals surface area contributed by atoms with Gasteiger partial charge in [0.05, 0.1) is 17.1 Å². The number of aromatic amines is 1. The monoisotopic (exact) mass is 553 g/mol. The summed E-state index contributed by atoms with van der Waals surface area (Å²) in [5.74, 6) is 0.524. The first kappa shape index (κ1) is 26.6. The Hall–Kier alpha value is -3.00. The van der Waals surface area contributed by atoms with E-state index < -0.39 is 0 Å². The molecule has 7 nitrogen and oxygen atoms in total. The molecule has 2 aromatic carbocycles. The van der Waals surface area contributed by atoms with Gasteiger partial charge in [0.15, 0.2) is 0 Å². The molecule has 0 amide bonds. The van der Waals surface area contributed by atoms with Crippen molar-refractivity contribution >= 4 is 62.5 Å². The first-order chi connectivity index (χ1) is 18.3. The van der Waals surface area contributed by atoms with Gasteiger partial charge in [-0.3, -0.25) is 0 Å². The molecule has 5 rings (SSSR count). The minimum absolute atomic E-state index is 0.300. The van der Waals surface area contributed by atoms with Crippen LogP contribution < -0.4 is 15.5 Å². The highest BCUT2D eigenvalue weighted by atomic mass is 35.5. The third-order valence-electron chi connectivity index (χ3n) is 7.22. The average molecular weight is 555 g/mol. The summed E-state index contributed by atoms with van der Waals surface area (Å²) in [6.07, 6.45) is 4.09. The molecule has 0 bridgehead atoms. The SMILES string of the molecule is CCOC(=O)c1[nH]c2cc(Cl)cc(Cl)c2c1CN[C@H]1CC[C@@H](Nc2cc(N(C)C)c3ccccc3n2)CC1.